The molecule has 0 saturated carbocycles. The Morgan fingerprint density at radius 3 is 2.78 bits per heavy atom. The van der Waals surface area contributed by atoms with Crippen molar-refractivity contribution in [3.8, 4) is 0 Å². The Morgan fingerprint density at radius 1 is 1.17 bits per heavy atom. The Kier molecular flexibility index (Phi) is 2.60. The van der Waals surface area contributed by atoms with Crippen molar-refractivity contribution in [3.63, 3.8) is 0 Å². The molecule has 0 spiro atoms. The molecule has 0 atom stereocenters. The second-order valence-corrected chi connectivity index (χ2v) is 4.79. The molecule has 1 aliphatic rings. The van der Waals surface area contributed by atoms with Crippen LogP contribution in [0.1, 0.15) is 5.56 Å². The lowest BCUT2D eigenvalue weighted by Gasteiger charge is -2.01. The second kappa shape index (κ2) is 4.27. The highest BCUT2D eigenvalue weighted by Gasteiger charge is 2.25. The van der Waals surface area contributed by atoms with Crippen molar-refractivity contribution < 1.29 is 9.59 Å². The molecule has 0 aliphatic carbocycles. The highest BCUT2D eigenvalue weighted by atomic mass is 32.2. The van der Waals surface area contributed by atoms with E-state index in [1.165, 1.54) is 0 Å². The summed E-state index contributed by atoms with van der Waals surface area (Å²) < 4.78 is 0. The molecule has 1 saturated heterocycles. The fourth-order valence-corrected chi connectivity index (χ4v) is 2.48. The van der Waals surface area contributed by atoms with E-state index in [1.54, 1.807) is 12.3 Å². The molecule has 88 valence electrons. The van der Waals surface area contributed by atoms with Crippen LogP contribution in [-0.4, -0.2) is 16.1 Å². The molecule has 1 fully saturated rings. The molecule has 18 heavy (non-hydrogen) atoms. The Bertz CT molecular complexity index is 689. The minimum Gasteiger partial charge on any atom is -0.282 e. The van der Waals surface area contributed by atoms with Gasteiger partial charge in [-0.25, -0.2) is 0 Å². The van der Waals surface area contributed by atoms with Gasteiger partial charge >= 0.3 is 0 Å². The predicted molar refractivity (Wildman–Crippen MR) is 70.8 cm³/mol. The topological polar surface area (TPSA) is 59.1 Å². The molecule has 2 heterocycles. The predicted octanol–water partition coefficient (Wildman–Crippen LogP) is 2.56. The maximum atomic E-state index is 11.5. The number of hydrogen-bond acceptors (Lipinski definition) is 4. The van der Waals surface area contributed by atoms with Gasteiger partial charge in [-0.2, -0.15) is 0 Å². The van der Waals surface area contributed by atoms with E-state index in [4.69, 9.17) is 0 Å². The van der Waals surface area contributed by atoms with Gasteiger partial charge < -0.3 is 0 Å². The number of amides is 2. The van der Waals surface area contributed by atoms with Crippen LogP contribution in [-0.2, 0) is 4.79 Å². The van der Waals surface area contributed by atoms with E-state index >= 15 is 0 Å². The Labute approximate surface area is 107 Å². The Morgan fingerprint density at radius 2 is 2.00 bits per heavy atom. The molecule has 0 unspecified atom stereocenters. The lowest BCUT2D eigenvalue weighted by molar-refractivity contribution is -0.115. The van der Waals surface area contributed by atoms with Crippen LogP contribution in [0.25, 0.3) is 17.0 Å². The van der Waals surface area contributed by atoms with Crippen LogP contribution in [0.5, 0.6) is 0 Å². The van der Waals surface area contributed by atoms with Crippen LogP contribution in [0.4, 0.5) is 4.79 Å². The highest BCUT2D eigenvalue weighted by Crippen LogP contribution is 2.27. The van der Waals surface area contributed by atoms with E-state index in [9.17, 15) is 9.59 Å². The number of hydrogen-bond donors (Lipinski definition) is 1. The zero-order chi connectivity index (χ0) is 12.5. The van der Waals surface area contributed by atoms with Gasteiger partial charge in [-0.15, -0.1) is 0 Å². The van der Waals surface area contributed by atoms with E-state index in [2.05, 4.69) is 10.3 Å². The molecule has 2 amide bonds. The van der Waals surface area contributed by atoms with Crippen molar-refractivity contribution in [1.29, 1.82) is 0 Å². The van der Waals surface area contributed by atoms with E-state index in [1.807, 2.05) is 30.3 Å². The molecule has 1 aromatic heterocycles. The first-order valence-corrected chi connectivity index (χ1v) is 6.14. The van der Waals surface area contributed by atoms with Crippen LogP contribution in [0.15, 0.2) is 41.4 Å². The highest BCUT2D eigenvalue weighted by molar-refractivity contribution is 8.18. The van der Waals surface area contributed by atoms with Crippen LogP contribution < -0.4 is 5.32 Å². The fourth-order valence-electron chi connectivity index (χ4n) is 1.81. The summed E-state index contributed by atoms with van der Waals surface area (Å²) in [4.78, 5) is 27.3. The maximum Gasteiger partial charge on any atom is 0.290 e. The summed E-state index contributed by atoms with van der Waals surface area (Å²) in [5, 5.41) is 2.90. The summed E-state index contributed by atoms with van der Waals surface area (Å²) in [5.74, 6) is -0.349. The number of carbonyl (C=O) groups is 2. The first-order valence-electron chi connectivity index (χ1n) is 5.33. The van der Waals surface area contributed by atoms with E-state index < -0.39 is 0 Å². The molecule has 0 radical (unpaired) electrons. The largest absolute Gasteiger partial charge is 0.290 e. The van der Waals surface area contributed by atoms with Gasteiger partial charge in [0.25, 0.3) is 11.1 Å². The van der Waals surface area contributed by atoms with Gasteiger partial charge in [-0.3, -0.25) is 19.9 Å². The molecule has 1 N–H and O–H groups in total. The number of fused-ring (bicyclic) bond motifs is 1. The minimum atomic E-state index is -0.349. The third-order valence-electron chi connectivity index (χ3n) is 2.59. The first-order chi connectivity index (χ1) is 8.74. The van der Waals surface area contributed by atoms with Gasteiger partial charge in [0.05, 0.1) is 10.4 Å². The summed E-state index contributed by atoms with van der Waals surface area (Å²) in [5.41, 5.74) is 1.65. The number of para-hydroxylation sites is 1. The maximum absolute atomic E-state index is 11.5. The van der Waals surface area contributed by atoms with Crippen LogP contribution in [0, 0.1) is 0 Å². The number of carbonyl (C=O) groups excluding carboxylic acids is 2. The van der Waals surface area contributed by atoms with E-state index in [0.29, 0.717) is 4.91 Å². The average molecular weight is 256 g/mol. The van der Waals surface area contributed by atoms with Crippen molar-refractivity contribution in [2.75, 3.05) is 0 Å². The number of nitrogens with one attached hydrogen (secondary N) is 1. The lowest BCUT2D eigenvalue weighted by atomic mass is 10.1. The molecule has 4 nitrogen and oxygen atoms in total. The van der Waals surface area contributed by atoms with E-state index in [0.717, 1.165) is 28.2 Å². The summed E-state index contributed by atoms with van der Waals surface area (Å²) in [7, 11) is 0. The minimum absolute atomic E-state index is 0.334. The quantitative estimate of drug-likeness (QED) is 0.797. The summed E-state index contributed by atoms with van der Waals surface area (Å²) in [6, 6.07) is 9.54. The normalized spacial score (nSPS) is 17.4. The number of pyridine rings is 1. The number of nitrogens with zero attached hydrogens (tertiary/aromatic N) is 1. The molecule has 0 bridgehead atoms. The van der Waals surface area contributed by atoms with Gasteiger partial charge in [-0.1, -0.05) is 24.3 Å². The monoisotopic (exact) mass is 256 g/mol. The average Bonchev–Trinajstić information content (AvgIpc) is 2.68. The molecule has 3 rings (SSSR count). The zero-order valence-electron chi connectivity index (χ0n) is 9.21. The molecule has 5 heteroatoms. The first kappa shape index (κ1) is 11.0. The van der Waals surface area contributed by atoms with E-state index in [-0.39, 0.29) is 11.1 Å². The second-order valence-electron chi connectivity index (χ2n) is 3.77. The molecular weight excluding hydrogens is 248 g/mol. The van der Waals surface area contributed by atoms with Gasteiger partial charge in [0.15, 0.2) is 0 Å². The number of aromatic nitrogens is 1. The lowest BCUT2D eigenvalue weighted by Crippen LogP contribution is -2.17. The standard InChI is InChI=1S/C13H8N2O2S/c16-12-10(18-13(17)15-12)7-9-4-1-3-8-5-2-6-14-11(8)9/h1-7H,(H,15,16,17)/b10-7-. The summed E-state index contributed by atoms with van der Waals surface area (Å²) in [6.07, 6.45) is 3.40. The van der Waals surface area contributed by atoms with Gasteiger partial charge in [0.2, 0.25) is 0 Å². The summed E-state index contributed by atoms with van der Waals surface area (Å²) >= 11 is 0.911. The third-order valence-corrected chi connectivity index (χ3v) is 3.40. The molecule has 2 aromatic rings. The van der Waals surface area contributed by atoms with Crippen LogP contribution in [0.3, 0.4) is 0 Å². The van der Waals surface area contributed by atoms with Crippen molar-refractivity contribution in [2.24, 2.45) is 0 Å². The van der Waals surface area contributed by atoms with Gasteiger partial charge in [0.1, 0.15) is 0 Å². The van der Waals surface area contributed by atoms with Crippen molar-refractivity contribution in [1.82, 2.24) is 10.3 Å². The zero-order valence-corrected chi connectivity index (χ0v) is 10.0. The number of thioether (sulfide) groups is 1. The van der Waals surface area contributed by atoms with Crippen molar-refractivity contribution in [3.05, 3.63) is 47.0 Å². The molecule has 1 aliphatic heterocycles. The Hall–Kier alpha value is -2.14. The smallest absolute Gasteiger partial charge is 0.282 e. The molecule has 1 aromatic carbocycles. The number of benzene rings is 1. The number of rotatable bonds is 1. The third kappa shape index (κ3) is 1.89. The number of imide groups is 1. The Balaban J connectivity index is 2.13. The summed E-state index contributed by atoms with van der Waals surface area (Å²) in [6.45, 7) is 0. The van der Waals surface area contributed by atoms with Crippen LogP contribution >= 0.6 is 11.8 Å². The van der Waals surface area contributed by atoms with Gasteiger partial charge in [-0.05, 0) is 23.9 Å². The van der Waals surface area contributed by atoms with Crippen LogP contribution in [0.2, 0.25) is 0 Å². The SMILES string of the molecule is O=C1NC(=O)/C(=C/c2cccc3cccnc23)S1. The van der Waals surface area contributed by atoms with Crippen molar-refractivity contribution in [2.45, 2.75) is 0 Å². The van der Waals surface area contributed by atoms with Gasteiger partial charge in [0, 0.05) is 17.1 Å². The fraction of sp³-hybridized carbons (Fsp3) is 0. The molecular formula is C13H8N2O2S. The van der Waals surface area contributed by atoms with Crippen molar-refractivity contribution >= 4 is 39.9 Å².